The monoisotopic (exact) mass is 391 g/mol. The van der Waals surface area contributed by atoms with Crippen molar-refractivity contribution in [3.63, 3.8) is 0 Å². The summed E-state index contributed by atoms with van der Waals surface area (Å²) >= 11 is 0. The quantitative estimate of drug-likeness (QED) is 0.551. The van der Waals surface area contributed by atoms with E-state index in [0.717, 1.165) is 12.1 Å². The van der Waals surface area contributed by atoms with E-state index >= 15 is 0 Å². The van der Waals surface area contributed by atoms with Crippen LogP contribution < -0.4 is 14.8 Å². The van der Waals surface area contributed by atoms with Crippen LogP contribution >= 0.6 is 0 Å². The number of hydrogen-bond acceptors (Lipinski definition) is 5. The first-order valence-corrected chi connectivity index (χ1v) is 8.17. The van der Waals surface area contributed by atoms with Gasteiger partial charge in [0.15, 0.2) is 18.1 Å². The van der Waals surface area contributed by atoms with Gasteiger partial charge in [0.1, 0.15) is 11.6 Å². The number of benzene rings is 2. The molecule has 1 N–H and O–H groups in total. The van der Waals surface area contributed by atoms with Gasteiger partial charge in [0.2, 0.25) is 0 Å². The third kappa shape index (κ3) is 5.06. The number of halogens is 2. The predicted molar refractivity (Wildman–Crippen MR) is 98.7 cm³/mol. The molecule has 0 unspecified atom stereocenters. The number of carbonyl (C=O) groups is 2. The lowest BCUT2D eigenvalue weighted by molar-refractivity contribution is -0.119. The second-order valence-corrected chi connectivity index (χ2v) is 5.61. The zero-order chi connectivity index (χ0) is 20.7. The minimum absolute atomic E-state index is 0.148. The minimum Gasteiger partial charge on any atom is -0.493 e. The maximum absolute atomic E-state index is 13.6. The highest BCUT2D eigenvalue weighted by Gasteiger charge is 2.18. The molecule has 0 saturated carbocycles. The Kier molecular flexibility index (Phi) is 7.08. The molecule has 6 nitrogen and oxygen atoms in total. The molecule has 0 aromatic heterocycles. The Labute approximate surface area is 160 Å². The third-order valence-electron chi connectivity index (χ3n) is 3.70. The summed E-state index contributed by atoms with van der Waals surface area (Å²) in [6.45, 7) is 3.00. The van der Waals surface area contributed by atoms with E-state index in [1.165, 1.54) is 20.3 Å². The first kappa shape index (κ1) is 20.9. The molecule has 0 radical (unpaired) electrons. The topological polar surface area (TPSA) is 73.9 Å². The van der Waals surface area contributed by atoms with E-state index in [4.69, 9.17) is 14.2 Å². The molecule has 0 aliphatic heterocycles. The van der Waals surface area contributed by atoms with Gasteiger partial charge in [-0.25, -0.2) is 13.6 Å². The molecular weight excluding hydrogens is 372 g/mol. The Morgan fingerprint density at radius 2 is 1.89 bits per heavy atom. The molecule has 2 aromatic rings. The summed E-state index contributed by atoms with van der Waals surface area (Å²) < 4.78 is 41.9. The van der Waals surface area contributed by atoms with Crippen molar-refractivity contribution >= 4 is 17.6 Å². The minimum atomic E-state index is -0.936. The highest BCUT2D eigenvalue weighted by molar-refractivity contribution is 5.96. The lowest BCUT2D eigenvalue weighted by Gasteiger charge is -2.14. The molecule has 2 rings (SSSR count). The van der Waals surface area contributed by atoms with Crippen molar-refractivity contribution < 1.29 is 32.6 Å². The van der Waals surface area contributed by atoms with E-state index < -0.39 is 30.1 Å². The molecule has 1 amide bonds. The van der Waals surface area contributed by atoms with Gasteiger partial charge < -0.3 is 19.5 Å². The SMILES string of the molecule is C=CCc1cc(C(=O)OCC(=O)Nc2ccc(F)cc2F)cc(OC)c1OC. The van der Waals surface area contributed by atoms with Gasteiger partial charge in [0.25, 0.3) is 5.91 Å². The zero-order valence-electron chi connectivity index (χ0n) is 15.4. The van der Waals surface area contributed by atoms with Gasteiger partial charge in [-0.2, -0.15) is 0 Å². The van der Waals surface area contributed by atoms with Crippen molar-refractivity contribution in [3.8, 4) is 11.5 Å². The highest BCUT2D eigenvalue weighted by atomic mass is 19.1. The van der Waals surface area contributed by atoms with E-state index in [1.807, 2.05) is 0 Å². The summed E-state index contributed by atoms with van der Waals surface area (Å²) in [5.41, 5.74) is 0.582. The number of methoxy groups -OCH3 is 2. The Morgan fingerprint density at radius 1 is 1.14 bits per heavy atom. The third-order valence-corrected chi connectivity index (χ3v) is 3.70. The first-order chi connectivity index (χ1) is 13.4. The fourth-order valence-electron chi connectivity index (χ4n) is 2.46. The number of amides is 1. The standard InChI is InChI=1S/C20H19F2NO5/c1-4-5-12-8-13(9-17(26-2)19(12)27-3)20(25)28-11-18(24)23-16-7-6-14(21)10-15(16)22/h4,6-10H,1,5,11H2,2-3H3,(H,23,24). The van der Waals surface area contributed by atoms with Gasteiger partial charge in [-0.15, -0.1) is 6.58 Å². The van der Waals surface area contributed by atoms with Crippen LogP contribution in [0.4, 0.5) is 14.5 Å². The van der Waals surface area contributed by atoms with E-state index in [2.05, 4.69) is 11.9 Å². The van der Waals surface area contributed by atoms with E-state index in [1.54, 1.807) is 12.1 Å². The fourth-order valence-corrected chi connectivity index (χ4v) is 2.46. The van der Waals surface area contributed by atoms with E-state index in [-0.39, 0.29) is 11.3 Å². The summed E-state index contributed by atoms with van der Waals surface area (Å²) in [6, 6.07) is 5.66. The van der Waals surface area contributed by atoms with Crippen LogP contribution in [0.15, 0.2) is 43.0 Å². The second-order valence-electron chi connectivity index (χ2n) is 5.61. The molecule has 148 valence electrons. The molecule has 0 atom stereocenters. The molecule has 0 aliphatic rings. The molecule has 0 aliphatic carbocycles. The van der Waals surface area contributed by atoms with Crippen LogP contribution in [0.25, 0.3) is 0 Å². The van der Waals surface area contributed by atoms with Crippen molar-refractivity contribution in [2.45, 2.75) is 6.42 Å². The summed E-state index contributed by atoms with van der Waals surface area (Å²) in [5.74, 6) is -2.47. The van der Waals surface area contributed by atoms with Gasteiger partial charge >= 0.3 is 5.97 Å². The summed E-state index contributed by atoms with van der Waals surface area (Å²) in [5, 5.41) is 2.20. The molecule has 0 bridgehead atoms. The predicted octanol–water partition coefficient (Wildman–Crippen LogP) is 3.51. The van der Waals surface area contributed by atoms with Crippen LogP contribution in [0.3, 0.4) is 0 Å². The van der Waals surface area contributed by atoms with Gasteiger partial charge in [0.05, 0.1) is 25.5 Å². The zero-order valence-corrected chi connectivity index (χ0v) is 15.4. The number of hydrogen-bond donors (Lipinski definition) is 1. The molecule has 0 fully saturated rings. The summed E-state index contributed by atoms with van der Waals surface area (Å²) in [7, 11) is 2.90. The van der Waals surface area contributed by atoms with E-state index in [0.29, 0.717) is 29.5 Å². The normalized spacial score (nSPS) is 10.1. The average molecular weight is 391 g/mol. The number of ether oxygens (including phenoxy) is 3. The Hall–Kier alpha value is -3.42. The van der Waals surface area contributed by atoms with Gasteiger partial charge in [-0.3, -0.25) is 4.79 Å². The van der Waals surface area contributed by atoms with Crippen molar-refractivity contribution in [1.29, 1.82) is 0 Å². The molecule has 8 heteroatoms. The maximum atomic E-state index is 13.6. The molecule has 0 spiro atoms. The lowest BCUT2D eigenvalue weighted by atomic mass is 10.1. The summed E-state index contributed by atoms with van der Waals surface area (Å²) in [6.07, 6.45) is 2.06. The Bertz CT molecular complexity index is 898. The molecule has 2 aromatic carbocycles. The van der Waals surface area contributed by atoms with Crippen LogP contribution in [0.5, 0.6) is 11.5 Å². The van der Waals surface area contributed by atoms with Crippen LogP contribution in [-0.4, -0.2) is 32.7 Å². The molecule has 0 heterocycles. The smallest absolute Gasteiger partial charge is 0.338 e. The van der Waals surface area contributed by atoms with Crippen LogP contribution in [0.1, 0.15) is 15.9 Å². The summed E-state index contributed by atoms with van der Waals surface area (Å²) in [4.78, 5) is 24.2. The molecular formula is C20H19F2NO5. The lowest BCUT2D eigenvalue weighted by Crippen LogP contribution is -2.21. The second kappa shape index (κ2) is 9.50. The van der Waals surface area contributed by atoms with E-state index in [9.17, 15) is 18.4 Å². The van der Waals surface area contributed by atoms with Gasteiger partial charge in [-0.05, 0) is 30.7 Å². The number of rotatable bonds is 8. The number of carbonyl (C=O) groups excluding carboxylic acids is 2. The van der Waals surface area contributed by atoms with Crippen LogP contribution in [-0.2, 0) is 16.0 Å². The maximum Gasteiger partial charge on any atom is 0.338 e. The van der Waals surface area contributed by atoms with Crippen molar-refractivity contribution in [3.05, 3.63) is 65.7 Å². The Balaban J connectivity index is 2.08. The molecule has 0 saturated heterocycles. The number of esters is 1. The number of anilines is 1. The van der Waals surface area contributed by atoms with Crippen molar-refractivity contribution in [1.82, 2.24) is 0 Å². The number of allylic oxidation sites excluding steroid dienone is 1. The number of nitrogens with one attached hydrogen (secondary N) is 1. The van der Waals surface area contributed by atoms with Gasteiger partial charge in [0, 0.05) is 11.6 Å². The first-order valence-electron chi connectivity index (χ1n) is 8.17. The van der Waals surface area contributed by atoms with Crippen molar-refractivity contribution in [2.75, 3.05) is 26.1 Å². The Morgan fingerprint density at radius 3 is 2.50 bits per heavy atom. The highest BCUT2D eigenvalue weighted by Crippen LogP contribution is 2.33. The fraction of sp³-hybridized carbons (Fsp3) is 0.200. The largest absolute Gasteiger partial charge is 0.493 e. The average Bonchev–Trinajstić information content (AvgIpc) is 2.67. The van der Waals surface area contributed by atoms with Crippen LogP contribution in [0, 0.1) is 11.6 Å². The van der Waals surface area contributed by atoms with Gasteiger partial charge in [-0.1, -0.05) is 6.08 Å². The van der Waals surface area contributed by atoms with Crippen molar-refractivity contribution in [2.24, 2.45) is 0 Å². The van der Waals surface area contributed by atoms with Crippen LogP contribution in [0.2, 0.25) is 0 Å². The molecule has 28 heavy (non-hydrogen) atoms.